The fourth-order valence-electron chi connectivity index (χ4n) is 3.49. The molecule has 0 radical (unpaired) electrons. The van der Waals surface area contributed by atoms with Crippen LogP contribution in [-0.4, -0.2) is 22.1 Å². The number of nitrogens with one attached hydrogen (secondary N) is 1. The summed E-state index contributed by atoms with van der Waals surface area (Å²) in [6.45, 7) is 0. The number of nitrogens with zero attached hydrogens (tertiary/aromatic N) is 3. The van der Waals surface area contributed by atoms with Gasteiger partial charge >= 0.3 is 0 Å². The smallest absolute Gasteiger partial charge is 0.267 e. The summed E-state index contributed by atoms with van der Waals surface area (Å²) in [5.74, 6) is -0.298. The third kappa shape index (κ3) is 3.89. The number of rotatable bonds is 4. The fourth-order valence-corrected chi connectivity index (χ4v) is 3.49. The second-order valence-corrected chi connectivity index (χ2v) is 7.07. The van der Waals surface area contributed by atoms with E-state index in [-0.39, 0.29) is 5.91 Å². The van der Waals surface area contributed by atoms with Crippen molar-refractivity contribution in [3.05, 3.63) is 108 Å². The first kappa shape index (κ1) is 18.6. The lowest BCUT2D eigenvalue weighted by molar-refractivity contribution is 0.0956. The number of carbonyl (C=O) groups is 1. The standard InChI is InChI=1S/C26H18N4O/c31-26(30-27-17-20-15-14-19-10-4-6-12-23(19)28-20)22-16-25(18-8-2-1-3-9-18)29-24-13-7-5-11-21(22)24/h1-17H,(H,30,31)/b27-17-. The molecule has 1 amide bonds. The fraction of sp³-hybridized carbons (Fsp3) is 0. The van der Waals surface area contributed by atoms with Gasteiger partial charge in [-0.1, -0.05) is 72.8 Å². The molecule has 0 atom stereocenters. The summed E-state index contributed by atoms with van der Waals surface area (Å²) in [5.41, 5.74) is 7.15. The molecule has 5 rings (SSSR count). The van der Waals surface area contributed by atoms with E-state index >= 15 is 0 Å². The monoisotopic (exact) mass is 402 g/mol. The Morgan fingerprint density at radius 1 is 0.774 bits per heavy atom. The number of para-hydroxylation sites is 2. The van der Waals surface area contributed by atoms with Gasteiger partial charge in [0.1, 0.15) is 0 Å². The molecule has 0 fully saturated rings. The maximum Gasteiger partial charge on any atom is 0.272 e. The number of aromatic nitrogens is 2. The van der Waals surface area contributed by atoms with Crippen LogP contribution >= 0.6 is 0 Å². The van der Waals surface area contributed by atoms with Gasteiger partial charge in [-0.25, -0.2) is 15.4 Å². The first-order valence-electron chi connectivity index (χ1n) is 9.92. The first-order chi connectivity index (χ1) is 15.3. The second-order valence-electron chi connectivity index (χ2n) is 7.07. The van der Waals surface area contributed by atoms with E-state index in [0.29, 0.717) is 11.3 Å². The molecular weight excluding hydrogens is 384 g/mol. The van der Waals surface area contributed by atoms with E-state index in [4.69, 9.17) is 4.98 Å². The van der Waals surface area contributed by atoms with Crippen LogP contribution in [-0.2, 0) is 0 Å². The molecule has 0 saturated carbocycles. The molecule has 0 saturated heterocycles. The lowest BCUT2D eigenvalue weighted by atomic mass is 10.0. The zero-order valence-electron chi connectivity index (χ0n) is 16.6. The molecular formula is C26H18N4O. The van der Waals surface area contributed by atoms with Crippen molar-refractivity contribution in [3.8, 4) is 11.3 Å². The normalized spacial score (nSPS) is 11.2. The molecule has 5 nitrogen and oxygen atoms in total. The summed E-state index contributed by atoms with van der Waals surface area (Å²) >= 11 is 0. The summed E-state index contributed by atoms with van der Waals surface area (Å²) in [6.07, 6.45) is 1.55. The average Bonchev–Trinajstić information content (AvgIpc) is 2.83. The number of benzene rings is 3. The van der Waals surface area contributed by atoms with Crippen LogP contribution in [0, 0.1) is 0 Å². The van der Waals surface area contributed by atoms with Crippen molar-refractivity contribution in [2.24, 2.45) is 5.10 Å². The summed E-state index contributed by atoms with van der Waals surface area (Å²) < 4.78 is 0. The summed E-state index contributed by atoms with van der Waals surface area (Å²) in [7, 11) is 0. The zero-order valence-corrected chi connectivity index (χ0v) is 16.6. The minimum Gasteiger partial charge on any atom is -0.267 e. The van der Waals surface area contributed by atoms with Gasteiger partial charge in [0.15, 0.2) is 0 Å². The molecule has 0 unspecified atom stereocenters. The Morgan fingerprint density at radius 2 is 1.52 bits per heavy atom. The highest BCUT2D eigenvalue weighted by atomic mass is 16.2. The van der Waals surface area contributed by atoms with Crippen LogP contribution in [0.15, 0.2) is 102 Å². The maximum atomic E-state index is 13.0. The molecule has 2 heterocycles. The summed E-state index contributed by atoms with van der Waals surface area (Å²) in [5, 5.41) is 5.96. The van der Waals surface area contributed by atoms with Crippen molar-refractivity contribution in [2.75, 3.05) is 0 Å². The highest BCUT2D eigenvalue weighted by Crippen LogP contribution is 2.24. The minimum atomic E-state index is -0.298. The lowest BCUT2D eigenvalue weighted by Crippen LogP contribution is -2.18. The third-order valence-electron chi connectivity index (χ3n) is 5.01. The number of carbonyl (C=O) groups excluding carboxylic acids is 1. The molecule has 0 spiro atoms. The number of fused-ring (bicyclic) bond motifs is 2. The van der Waals surface area contributed by atoms with Gasteiger partial charge in [-0.05, 0) is 24.3 Å². The molecule has 31 heavy (non-hydrogen) atoms. The average molecular weight is 402 g/mol. The highest BCUT2D eigenvalue weighted by Gasteiger charge is 2.13. The van der Waals surface area contributed by atoms with Crippen LogP contribution in [0.1, 0.15) is 16.1 Å². The van der Waals surface area contributed by atoms with Crippen LogP contribution in [0.2, 0.25) is 0 Å². The van der Waals surface area contributed by atoms with Crippen molar-refractivity contribution in [3.63, 3.8) is 0 Å². The molecule has 0 aliphatic carbocycles. The Balaban J connectivity index is 1.45. The predicted octanol–water partition coefficient (Wildman–Crippen LogP) is 5.21. The van der Waals surface area contributed by atoms with Crippen molar-refractivity contribution in [1.82, 2.24) is 15.4 Å². The van der Waals surface area contributed by atoms with Crippen molar-refractivity contribution >= 4 is 33.9 Å². The number of hydrogen-bond acceptors (Lipinski definition) is 4. The molecule has 3 aromatic carbocycles. The number of amides is 1. The van der Waals surface area contributed by atoms with Gasteiger partial charge in [0.2, 0.25) is 0 Å². The van der Waals surface area contributed by atoms with Gasteiger partial charge in [0.05, 0.1) is 34.2 Å². The maximum absolute atomic E-state index is 13.0. The van der Waals surface area contributed by atoms with E-state index in [1.54, 1.807) is 12.3 Å². The van der Waals surface area contributed by atoms with Crippen LogP contribution in [0.3, 0.4) is 0 Å². The topological polar surface area (TPSA) is 67.2 Å². The largest absolute Gasteiger partial charge is 0.272 e. The SMILES string of the molecule is O=C(N/N=C\c1ccc2ccccc2n1)c1cc(-c2ccccc2)nc2ccccc12. The van der Waals surface area contributed by atoms with Gasteiger partial charge in [-0.3, -0.25) is 4.79 Å². The molecule has 5 aromatic rings. The van der Waals surface area contributed by atoms with E-state index in [2.05, 4.69) is 15.5 Å². The van der Waals surface area contributed by atoms with E-state index in [1.807, 2.05) is 91.0 Å². The van der Waals surface area contributed by atoms with E-state index in [9.17, 15) is 4.79 Å². The number of hydrazone groups is 1. The molecule has 5 heteroatoms. The Bertz CT molecular complexity index is 1430. The van der Waals surface area contributed by atoms with Crippen LogP contribution < -0.4 is 5.43 Å². The van der Waals surface area contributed by atoms with E-state index in [0.717, 1.165) is 33.1 Å². The van der Waals surface area contributed by atoms with Crippen molar-refractivity contribution < 1.29 is 4.79 Å². The first-order valence-corrected chi connectivity index (χ1v) is 9.92. The molecule has 2 aromatic heterocycles. The Morgan fingerprint density at radius 3 is 2.39 bits per heavy atom. The third-order valence-corrected chi connectivity index (χ3v) is 5.01. The highest BCUT2D eigenvalue weighted by molar-refractivity contribution is 6.07. The lowest BCUT2D eigenvalue weighted by Gasteiger charge is -2.09. The van der Waals surface area contributed by atoms with Crippen LogP contribution in [0.4, 0.5) is 0 Å². The predicted molar refractivity (Wildman–Crippen MR) is 124 cm³/mol. The molecule has 0 aliphatic heterocycles. The Hall–Kier alpha value is -4.38. The van der Waals surface area contributed by atoms with E-state index < -0.39 is 0 Å². The van der Waals surface area contributed by atoms with Crippen molar-refractivity contribution in [1.29, 1.82) is 0 Å². The quantitative estimate of drug-likeness (QED) is 0.331. The van der Waals surface area contributed by atoms with Gasteiger partial charge in [-0.15, -0.1) is 0 Å². The number of pyridine rings is 2. The zero-order chi connectivity index (χ0) is 21.0. The molecule has 0 bridgehead atoms. The van der Waals surface area contributed by atoms with Gasteiger partial charge in [-0.2, -0.15) is 5.10 Å². The van der Waals surface area contributed by atoms with Crippen LogP contribution in [0.5, 0.6) is 0 Å². The summed E-state index contributed by atoms with van der Waals surface area (Å²) in [6, 6.07) is 30.9. The van der Waals surface area contributed by atoms with Gasteiger partial charge in [0, 0.05) is 16.3 Å². The van der Waals surface area contributed by atoms with Gasteiger partial charge < -0.3 is 0 Å². The van der Waals surface area contributed by atoms with E-state index in [1.165, 1.54) is 0 Å². The summed E-state index contributed by atoms with van der Waals surface area (Å²) in [4.78, 5) is 22.2. The Labute approximate surface area is 179 Å². The molecule has 0 aliphatic rings. The Kier molecular flexibility index (Phi) is 4.91. The molecule has 148 valence electrons. The van der Waals surface area contributed by atoms with Crippen LogP contribution in [0.25, 0.3) is 33.1 Å². The van der Waals surface area contributed by atoms with Crippen molar-refractivity contribution in [2.45, 2.75) is 0 Å². The number of hydrogen-bond donors (Lipinski definition) is 1. The molecule has 1 N–H and O–H groups in total. The van der Waals surface area contributed by atoms with Gasteiger partial charge in [0.25, 0.3) is 5.91 Å². The minimum absolute atomic E-state index is 0.298. The second kappa shape index (κ2) is 8.16.